The fourth-order valence-electron chi connectivity index (χ4n) is 2.89. The zero-order chi connectivity index (χ0) is 17.3. The molecule has 1 aliphatic carbocycles. The third-order valence-electron chi connectivity index (χ3n) is 4.15. The van der Waals surface area contributed by atoms with E-state index in [1.165, 1.54) is 24.8 Å². The molecule has 2 aromatic carbocycles. The van der Waals surface area contributed by atoms with Crippen molar-refractivity contribution in [2.45, 2.75) is 31.1 Å². The van der Waals surface area contributed by atoms with E-state index in [0.29, 0.717) is 11.3 Å². The first-order valence-electron chi connectivity index (χ1n) is 7.66. The Morgan fingerprint density at radius 1 is 1.04 bits per heavy atom. The number of ether oxygens (including phenoxy) is 1. The summed E-state index contributed by atoms with van der Waals surface area (Å²) in [7, 11) is -2.79. The van der Waals surface area contributed by atoms with Crippen LogP contribution in [0.5, 0.6) is 5.75 Å². The molecule has 0 atom stereocenters. The van der Waals surface area contributed by atoms with E-state index in [4.69, 9.17) is 4.18 Å². The fourth-order valence-corrected chi connectivity index (χ4v) is 4.07. The van der Waals surface area contributed by atoms with Crippen LogP contribution < -0.4 is 4.18 Å². The number of esters is 1. The van der Waals surface area contributed by atoms with Gasteiger partial charge in [-0.25, -0.2) is 4.79 Å². The van der Waals surface area contributed by atoms with Gasteiger partial charge in [0.2, 0.25) is 0 Å². The summed E-state index contributed by atoms with van der Waals surface area (Å²) in [6, 6.07) is 9.72. The molecule has 3 rings (SSSR count). The standard InChI is InChI=1S/C18H18O5S/c1-12-6-7-15(18(19)22-2)11-17(12)24(20,21)23-16-9-8-13-4-3-5-14(13)10-16/h6-11H,3-5H2,1-2H3. The quantitative estimate of drug-likeness (QED) is 0.629. The van der Waals surface area contributed by atoms with Crippen LogP contribution in [-0.4, -0.2) is 21.5 Å². The Morgan fingerprint density at radius 3 is 2.54 bits per heavy atom. The first-order chi connectivity index (χ1) is 11.4. The summed E-state index contributed by atoms with van der Waals surface area (Å²) in [6.07, 6.45) is 3.03. The van der Waals surface area contributed by atoms with Crippen molar-refractivity contribution >= 4 is 16.1 Å². The average molecular weight is 346 g/mol. The number of methoxy groups -OCH3 is 1. The minimum Gasteiger partial charge on any atom is -0.465 e. The third kappa shape index (κ3) is 3.14. The van der Waals surface area contributed by atoms with Crippen LogP contribution in [0.25, 0.3) is 0 Å². The van der Waals surface area contributed by atoms with Gasteiger partial charge >= 0.3 is 16.1 Å². The Labute approximate surface area is 141 Å². The average Bonchev–Trinajstić information content (AvgIpc) is 3.01. The number of hydrogen-bond donors (Lipinski definition) is 0. The predicted octanol–water partition coefficient (Wildman–Crippen LogP) is 3.04. The van der Waals surface area contributed by atoms with Crippen LogP contribution in [-0.2, 0) is 27.7 Å². The van der Waals surface area contributed by atoms with Gasteiger partial charge in [0.25, 0.3) is 0 Å². The van der Waals surface area contributed by atoms with Gasteiger partial charge in [0.15, 0.2) is 0 Å². The number of fused-ring (bicyclic) bond motifs is 1. The number of rotatable bonds is 4. The van der Waals surface area contributed by atoms with Crippen LogP contribution in [0.4, 0.5) is 0 Å². The highest BCUT2D eigenvalue weighted by molar-refractivity contribution is 7.87. The molecule has 0 aliphatic heterocycles. The van der Waals surface area contributed by atoms with Crippen molar-refractivity contribution in [2.24, 2.45) is 0 Å². The van der Waals surface area contributed by atoms with E-state index >= 15 is 0 Å². The number of benzene rings is 2. The lowest BCUT2D eigenvalue weighted by Gasteiger charge is -2.11. The van der Waals surface area contributed by atoms with Gasteiger partial charge in [-0.15, -0.1) is 0 Å². The van der Waals surface area contributed by atoms with Gasteiger partial charge in [0.05, 0.1) is 12.7 Å². The molecule has 0 aromatic heterocycles. The molecular formula is C18H18O5S. The molecule has 0 radical (unpaired) electrons. The highest BCUT2D eigenvalue weighted by Crippen LogP contribution is 2.28. The van der Waals surface area contributed by atoms with Gasteiger partial charge in [-0.05, 0) is 67.1 Å². The molecule has 24 heavy (non-hydrogen) atoms. The van der Waals surface area contributed by atoms with Crippen molar-refractivity contribution in [2.75, 3.05) is 7.11 Å². The first kappa shape index (κ1) is 16.5. The molecule has 0 saturated heterocycles. The maximum atomic E-state index is 12.6. The van der Waals surface area contributed by atoms with E-state index in [1.807, 2.05) is 6.07 Å². The monoisotopic (exact) mass is 346 g/mol. The Morgan fingerprint density at radius 2 is 1.79 bits per heavy atom. The van der Waals surface area contributed by atoms with Gasteiger partial charge in [-0.2, -0.15) is 8.42 Å². The van der Waals surface area contributed by atoms with Gasteiger partial charge in [-0.3, -0.25) is 0 Å². The SMILES string of the molecule is COC(=O)c1ccc(C)c(S(=O)(=O)Oc2ccc3c(c2)CCC3)c1. The molecule has 0 bridgehead atoms. The minimum atomic E-state index is -4.03. The lowest BCUT2D eigenvalue weighted by atomic mass is 10.1. The summed E-state index contributed by atoms with van der Waals surface area (Å²) in [6.45, 7) is 1.65. The maximum absolute atomic E-state index is 12.6. The largest absolute Gasteiger partial charge is 0.465 e. The Balaban J connectivity index is 1.94. The summed E-state index contributed by atoms with van der Waals surface area (Å²) < 4.78 is 35.1. The molecule has 0 heterocycles. The lowest BCUT2D eigenvalue weighted by Crippen LogP contribution is -2.13. The highest BCUT2D eigenvalue weighted by Gasteiger charge is 2.22. The van der Waals surface area contributed by atoms with E-state index < -0.39 is 16.1 Å². The Kier molecular flexibility index (Phi) is 4.32. The molecular weight excluding hydrogens is 328 g/mol. The smallest absolute Gasteiger partial charge is 0.339 e. The second-order valence-electron chi connectivity index (χ2n) is 5.79. The van der Waals surface area contributed by atoms with Crippen molar-refractivity contribution in [3.05, 3.63) is 58.7 Å². The molecule has 6 heteroatoms. The van der Waals surface area contributed by atoms with Crippen molar-refractivity contribution in [3.63, 3.8) is 0 Å². The molecule has 1 aliphatic rings. The van der Waals surface area contributed by atoms with Crippen LogP contribution in [0, 0.1) is 6.92 Å². The van der Waals surface area contributed by atoms with Crippen molar-refractivity contribution < 1.29 is 22.1 Å². The molecule has 5 nitrogen and oxygen atoms in total. The zero-order valence-corrected chi connectivity index (χ0v) is 14.4. The normalized spacial score (nSPS) is 13.4. The van der Waals surface area contributed by atoms with Crippen LogP contribution in [0.2, 0.25) is 0 Å². The van der Waals surface area contributed by atoms with Crippen LogP contribution in [0.15, 0.2) is 41.3 Å². The number of hydrogen-bond acceptors (Lipinski definition) is 5. The van der Waals surface area contributed by atoms with Gasteiger partial charge in [0.1, 0.15) is 10.6 Å². The van der Waals surface area contributed by atoms with E-state index in [2.05, 4.69) is 4.74 Å². The highest BCUT2D eigenvalue weighted by atomic mass is 32.2. The second kappa shape index (κ2) is 6.28. The van der Waals surface area contributed by atoms with Crippen LogP contribution in [0.1, 0.15) is 33.5 Å². The zero-order valence-electron chi connectivity index (χ0n) is 13.5. The van der Waals surface area contributed by atoms with Crippen molar-refractivity contribution in [1.29, 1.82) is 0 Å². The lowest BCUT2D eigenvalue weighted by molar-refractivity contribution is 0.0600. The number of aryl methyl sites for hydroxylation is 3. The molecule has 0 unspecified atom stereocenters. The van der Waals surface area contributed by atoms with Crippen LogP contribution in [0.3, 0.4) is 0 Å². The Hall–Kier alpha value is -2.34. The molecule has 126 valence electrons. The minimum absolute atomic E-state index is 0.0362. The molecule has 0 spiro atoms. The summed E-state index contributed by atoms with van der Waals surface area (Å²) in [4.78, 5) is 11.6. The fraction of sp³-hybridized carbons (Fsp3) is 0.278. The summed E-state index contributed by atoms with van der Waals surface area (Å²) in [5.74, 6) is -0.303. The van der Waals surface area contributed by atoms with E-state index in [1.54, 1.807) is 25.1 Å². The third-order valence-corrected chi connectivity index (χ3v) is 5.54. The summed E-state index contributed by atoms with van der Waals surface area (Å²) in [5.41, 5.74) is 3.04. The Bertz CT molecular complexity index is 900. The molecule has 0 saturated carbocycles. The van der Waals surface area contributed by atoms with E-state index in [9.17, 15) is 13.2 Å². The predicted molar refractivity (Wildman–Crippen MR) is 88.8 cm³/mol. The van der Waals surface area contributed by atoms with Crippen LogP contribution >= 0.6 is 0 Å². The maximum Gasteiger partial charge on any atom is 0.339 e. The van der Waals surface area contributed by atoms with E-state index in [-0.39, 0.29) is 10.5 Å². The molecule has 0 fully saturated rings. The van der Waals surface area contributed by atoms with Gasteiger partial charge < -0.3 is 8.92 Å². The molecule has 2 aromatic rings. The number of carbonyl (C=O) groups excluding carboxylic acids is 1. The van der Waals surface area contributed by atoms with E-state index in [0.717, 1.165) is 24.8 Å². The molecule has 0 N–H and O–H groups in total. The van der Waals surface area contributed by atoms with Crippen molar-refractivity contribution in [1.82, 2.24) is 0 Å². The van der Waals surface area contributed by atoms with Gasteiger partial charge in [-0.1, -0.05) is 12.1 Å². The molecule has 0 amide bonds. The summed E-state index contributed by atoms with van der Waals surface area (Å²) >= 11 is 0. The number of carbonyl (C=O) groups is 1. The van der Waals surface area contributed by atoms with Gasteiger partial charge in [0, 0.05) is 0 Å². The van der Waals surface area contributed by atoms with Crippen molar-refractivity contribution in [3.8, 4) is 5.75 Å². The topological polar surface area (TPSA) is 69.7 Å². The second-order valence-corrected chi connectivity index (χ2v) is 7.31. The summed E-state index contributed by atoms with van der Waals surface area (Å²) in [5, 5.41) is 0. The first-order valence-corrected chi connectivity index (χ1v) is 9.07.